The molecule has 1 fully saturated rings. The molecular formula is C14H27N3O2. The van der Waals surface area contributed by atoms with Gasteiger partial charge >= 0.3 is 0 Å². The Kier molecular flexibility index (Phi) is 5.35. The molecule has 0 spiro atoms. The van der Waals surface area contributed by atoms with Crippen LogP contribution in [-0.2, 0) is 9.59 Å². The van der Waals surface area contributed by atoms with Crippen LogP contribution in [0.2, 0.25) is 0 Å². The molecule has 0 atom stereocenters. The van der Waals surface area contributed by atoms with Crippen LogP contribution in [0, 0.1) is 11.3 Å². The smallest absolute Gasteiger partial charge is 0.237 e. The monoisotopic (exact) mass is 269 g/mol. The van der Waals surface area contributed by atoms with E-state index in [-0.39, 0.29) is 18.5 Å². The zero-order valence-corrected chi connectivity index (χ0v) is 12.3. The second-order valence-electron chi connectivity index (χ2n) is 6.16. The molecule has 2 amide bonds. The summed E-state index contributed by atoms with van der Waals surface area (Å²) in [5.41, 5.74) is 10.6. The van der Waals surface area contributed by atoms with E-state index in [2.05, 4.69) is 6.92 Å². The van der Waals surface area contributed by atoms with E-state index in [1.54, 1.807) is 4.90 Å². The third kappa shape index (κ3) is 3.69. The van der Waals surface area contributed by atoms with E-state index < -0.39 is 11.3 Å². The summed E-state index contributed by atoms with van der Waals surface area (Å²) < 4.78 is 0. The van der Waals surface area contributed by atoms with Crippen molar-refractivity contribution in [1.82, 2.24) is 4.90 Å². The molecule has 5 nitrogen and oxygen atoms in total. The Bertz CT molecular complexity index is 334. The molecule has 0 aromatic carbocycles. The summed E-state index contributed by atoms with van der Waals surface area (Å²) >= 11 is 0. The molecule has 0 aromatic heterocycles. The van der Waals surface area contributed by atoms with Crippen LogP contribution in [0.25, 0.3) is 0 Å². The fourth-order valence-electron chi connectivity index (χ4n) is 2.78. The maximum Gasteiger partial charge on any atom is 0.237 e. The van der Waals surface area contributed by atoms with Gasteiger partial charge in [-0.25, -0.2) is 0 Å². The first-order chi connectivity index (χ1) is 8.82. The normalized spacial score (nSPS) is 27.3. The molecular weight excluding hydrogens is 242 g/mol. The first-order valence-electron chi connectivity index (χ1n) is 7.12. The highest BCUT2D eigenvalue weighted by Gasteiger charge is 2.43. The summed E-state index contributed by atoms with van der Waals surface area (Å²) in [6.45, 7) is 6.33. The lowest BCUT2D eigenvalue weighted by Gasteiger charge is -2.41. The van der Waals surface area contributed by atoms with Crippen molar-refractivity contribution < 1.29 is 9.59 Å². The van der Waals surface area contributed by atoms with Crippen molar-refractivity contribution in [2.45, 2.75) is 52.5 Å². The molecule has 19 heavy (non-hydrogen) atoms. The van der Waals surface area contributed by atoms with Gasteiger partial charge in [-0.05, 0) is 45.4 Å². The van der Waals surface area contributed by atoms with Gasteiger partial charge in [-0.2, -0.15) is 0 Å². The SMILES string of the molecule is CC1CCC(CN)(C(=O)N(CC(N)=O)C(C)C)CC1. The summed E-state index contributed by atoms with van der Waals surface area (Å²) in [5, 5.41) is 0. The summed E-state index contributed by atoms with van der Waals surface area (Å²) in [6.07, 6.45) is 3.66. The van der Waals surface area contributed by atoms with Gasteiger partial charge in [0.15, 0.2) is 0 Å². The zero-order valence-electron chi connectivity index (χ0n) is 12.3. The highest BCUT2D eigenvalue weighted by Crippen LogP contribution is 2.39. The van der Waals surface area contributed by atoms with Crippen molar-refractivity contribution in [3.8, 4) is 0 Å². The molecule has 1 aliphatic rings. The van der Waals surface area contributed by atoms with E-state index in [1.165, 1.54) is 0 Å². The Morgan fingerprint density at radius 1 is 1.32 bits per heavy atom. The Balaban J connectivity index is 2.89. The second-order valence-corrected chi connectivity index (χ2v) is 6.16. The molecule has 0 unspecified atom stereocenters. The first kappa shape index (κ1) is 16.0. The lowest BCUT2D eigenvalue weighted by Crippen LogP contribution is -2.53. The minimum Gasteiger partial charge on any atom is -0.368 e. The number of rotatable bonds is 5. The van der Waals surface area contributed by atoms with Crippen LogP contribution in [0.4, 0.5) is 0 Å². The Morgan fingerprint density at radius 3 is 2.21 bits per heavy atom. The van der Waals surface area contributed by atoms with Crippen LogP contribution in [-0.4, -0.2) is 35.8 Å². The molecule has 0 aliphatic heterocycles. The number of carbonyl (C=O) groups excluding carboxylic acids is 2. The van der Waals surface area contributed by atoms with Gasteiger partial charge in [-0.3, -0.25) is 9.59 Å². The van der Waals surface area contributed by atoms with Crippen LogP contribution in [0.1, 0.15) is 46.5 Å². The summed E-state index contributed by atoms with van der Waals surface area (Å²) in [7, 11) is 0. The highest BCUT2D eigenvalue weighted by molar-refractivity contribution is 5.88. The lowest BCUT2D eigenvalue weighted by molar-refractivity contribution is -0.148. The Labute approximate surface area is 115 Å². The quantitative estimate of drug-likeness (QED) is 0.776. The number of amides is 2. The van der Waals surface area contributed by atoms with E-state index >= 15 is 0 Å². The van der Waals surface area contributed by atoms with Gasteiger partial charge in [0, 0.05) is 12.6 Å². The Morgan fingerprint density at radius 2 is 1.84 bits per heavy atom. The fraction of sp³-hybridized carbons (Fsp3) is 0.857. The topological polar surface area (TPSA) is 89.4 Å². The molecule has 0 heterocycles. The van der Waals surface area contributed by atoms with Gasteiger partial charge in [-0.1, -0.05) is 6.92 Å². The van der Waals surface area contributed by atoms with Crippen molar-refractivity contribution in [1.29, 1.82) is 0 Å². The average Bonchev–Trinajstić information content (AvgIpc) is 2.36. The number of hydrogen-bond donors (Lipinski definition) is 2. The standard InChI is InChI=1S/C14H27N3O2/c1-10(2)17(8-12(16)18)13(19)14(9-15)6-4-11(3)5-7-14/h10-11H,4-9,15H2,1-3H3,(H2,16,18). The predicted molar refractivity (Wildman–Crippen MR) is 75.2 cm³/mol. The molecule has 0 bridgehead atoms. The van der Waals surface area contributed by atoms with Crippen LogP contribution in [0.15, 0.2) is 0 Å². The maximum atomic E-state index is 12.8. The minimum atomic E-state index is -0.494. The minimum absolute atomic E-state index is 0.00398. The Hall–Kier alpha value is -1.10. The number of nitrogens with two attached hydrogens (primary N) is 2. The van der Waals surface area contributed by atoms with E-state index in [0.29, 0.717) is 12.5 Å². The lowest BCUT2D eigenvalue weighted by atomic mass is 9.70. The van der Waals surface area contributed by atoms with Crippen molar-refractivity contribution >= 4 is 11.8 Å². The van der Waals surface area contributed by atoms with Crippen LogP contribution < -0.4 is 11.5 Å². The van der Waals surface area contributed by atoms with E-state index in [0.717, 1.165) is 25.7 Å². The number of carbonyl (C=O) groups is 2. The van der Waals surface area contributed by atoms with Gasteiger partial charge < -0.3 is 16.4 Å². The molecule has 4 N–H and O–H groups in total. The molecule has 1 aliphatic carbocycles. The maximum absolute atomic E-state index is 12.8. The molecule has 0 saturated heterocycles. The van der Waals surface area contributed by atoms with Crippen LogP contribution in [0.3, 0.4) is 0 Å². The van der Waals surface area contributed by atoms with Crippen molar-refractivity contribution in [3.05, 3.63) is 0 Å². The van der Waals surface area contributed by atoms with Crippen molar-refractivity contribution in [2.24, 2.45) is 22.8 Å². The number of hydrogen-bond acceptors (Lipinski definition) is 3. The third-order valence-corrected chi connectivity index (χ3v) is 4.29. The van der Waals surface area contributed by atoms with Gasteiger partial charge in [0.25, 0.3) is 0 Å². The first-order valence-corrected chi connectivity index (χ1v) is 7.12. The van der Waals surface area contributed by atoms with E-state index in [9.17, 15) is 9.59 Å². The van der Waals surface area contributed by atoms with E-state index in [1.807, 2.05) is 13.8 Å². The molecule has 0 aromatic rings. The zero-order chi connectivity index (χ0) is 14.6. The van der Waals surface area contributed by atoms with Gasteiger partial charge in [-0.15, -0.1) is 0 Å². The van der Waals surface area contributed by atoms with Crippen molar-refractivity contribution in [3.63, 3.8) is 0 Å². The molecule has 1 rings (SSSR count). The highest BCUT2D eigenvalue weighted by atomic mass is 16.2. The summed E-state index contributed by atoms with van der Waals surface area (Å²) in [6, 6.07) is -0.0391. The van der Waals surface area contributed by atoms with Crippen molar-refractivity contribution in [2.75, 3.05) is 13.1 Å². The fourth-order valence-corrected chi connectivity index (χ4v) is 2.78. The molecule has 110 valence electrons. The molecule has 1 saturated carbocycles. The second kappa shape index (κ2) is 6.37. The average molecular weight is 269 g/mol. The van der Waals surface area contributed by atoms with Crippen LogP contribution >= 0.6 is 0 Å². The predicted octanol–water partition coefficient (Wildman–Crippen LogP) is 0.864. The number of nitrogens with zero attached hydrogens (tertiary/aromatic N) is 1. The summed E-state index contributed by atoms with van der Waals surface area (Å²) in [4.78, 5) is 25.5. The van der Waals surface area contributed by atoms with Gasteiger partial charge in [0.1, 0.15) is 0 Å². The van der Waals surface area contributed by atoms with E-state index in [4.69, 9.17) is 11.5 Å². The largest absolute Gasteiger partial charge is 0.368 e. The number of primary amides is 1. The van der Waals surface area contributed by atoms with Crippen LogP contribution in [0.5, 0.6) is 0 Å². The summed E-state index contributed by atoms with van der Waals surface area (Å²) in [5.74, 6) is 0.171. The molecule has 0 radical (unpaired) electrons. The third-order valence-electron chi connectivity index (χ3n) is 4.29. The molecule has 5 heteroatoms. The van der Waals surface area contributed by atoms with Gasteiger partial charge in [0.05, 0.1) is 12.0 Å². The van der Waals surface area contributed by atoms with Gasteiger partial charge in [0.2, 0.25) is 11.8 Å².